The second-order valence-corrected chi connectivity index (χ2v) is 7.47. The van der Waals surface area contributed by atoms with E-state index in [-0.39, 0.29) is 11.7 Å². The molecule has 1 amide bonds. The van der Waals surface area contributed by atoms with Crippen LogP contribution in [0.4, 0.5) is 4.39 Å². The van der Waals surface area contributed by atoms with E-state index < -0.39 is 0 Å². The van der Waals surface area contributed by atoms with Crippen molar-refractivity contribution in [2.45, 2.75) is 27.0 Å². The first-order chi connectivity index (χ1) is 13.6. The van der Waals surface area contributed by atoms with Gasteiger partial charge in [0.05, 0.1) is 24.7 Å². The highest BCUT2D eigenvalue weighted by molar-refractivity contribution is 7.21. The van der Waals surface area contributed by atoms with Crippen molar-refractivity contribution >= 4 is 27.3 Å². The van der Waals surface area contributed by atoms with Gasteiger partial charge in [0, 0.05) is 23.2 Å². The molecule has 4 nitrogen and oxygen atoms in total. The van der Waals surface area contributed by atoms with Crippen molar-refractivity contribution in [2.75, 3.05) is 19.8 Å². The molecule has 3 aromatic rings. The second kappa shape index (κ2) is 9.78. The van der Waals surface area contributed by atoms with Gasteiger partial charge in [-0.25, -0.2) is 4.39 Å². The van der Waals surface area contributed by atoms with Crippen LogP contribution >= 0.6 is 11.3 Å². The molecule has 3 rings (SSSR count). The summed E-state index contributed by atoms with van der Waals surface area (Å²) in [5.74, 6) is -0.473. The highest BCUT2D eigenvalue weighted by Crippen LogP contribution is 2.32. The number of hydrogen-bond acceptors (Lipinski definition) is 4. The van der Waals surface area contributed by atoms with Crippen LogP contribution in [0.25, 0.3) is 10.1 Å². The number of hydrogen-bond donors (Lipinski definition) is 1. The molecule has 0 fully saturated rings. The molecule has 0 aliphatic carbocycles. The number of ether oxygens (including phenoxy) is 2. The lowest BCUT2D eigenvalue weighted by Gasteiger charge is -2.08. The van der Waals surface area contributed by atoms with Crippen molar-refractivity contribution in [3.05, 3.63) is 69.8 Å². The van der Waals surface area contributed by atoms with Crippen LogP contribution in [-0.4, -0.2) is 25.7 Å². The Bertz CT molecular complexity index is 954. The average molecular weight is 402 g/mol. The molecular formula is C22H24FNO3S. The predicted molar refractivity (Wildman–Crippen MR) is 110 cm³/mol. The van der Waals surface area contributed by atoms with Gasteiger partial charge in [-0.05, 0) is 42.7 Å². The number of rotatable bonds is 9. The molecule has 2 aromatic carbocycles. The van der Waals surface area contributed by atoms with Gasteiger partial charge in [-0.2, -0.15) is 0 Å². The van der Waals surface area contributed by atoms with Gasteiger partial charge in [0.15, 0.2) is 0 Å². The molecule has 1 N–H and O–H groups in total. The van der Waals surface area contributed by atoms with Crippen LogP contribution in [0.2, 0.25) is 0 Å². The van der Waals surface area contributed by atoms with Gasteiger partial charge in [0.1, 0.15) is 5.82 Å². The molecule has 0 atom stereocenters. The van der Waals surface area contributed by atoms with Crippen LogP contribution in [0.1, 0.15) is 33.3 Å². The van der Waals surface area contributed by atoms with Crippen LogP contribution in [0.3, 0.4) is 0 Å². The zero-order chi connectivity index (χ0) is 19.9. The Morgan fingerprint density at radius 3 is 2.64 bits per heavy atom. The highest BCUT2D eigenvalue weighted by Gasteiger charge is 2.17. The Hall–Kier alpha value is -2.28. The lowest BCUT2D eigenvalue weighted by atomic mass is 10.1. The van der Waals surface area contributed by atoms with Crippen LogP contribution in [0.5, 0.6) is 0 Å². The Kier molecular flexibility index (Phi) is 7.14. The van der Waals surface area contributed by atoms with E-state index in [4.69, 9.17) is 9.47 Å². The maximum Gasteiger partial charge on any atom is 0.261 e. The SMILES string of the molecule is CCOCCOCc1cccc(CNC(=O)c2sc3cccc(F)c3c2C)c1. The van der Waals surface area contributed by atoms with Crippen LogP contribution < -0.4 is 5.32 Å². The molecule has 6 heteroatoms. The Morgan fingerprint density at radius 2 is 1.86 bits per heavy atom. The minimum Gasteiger partial charge on any atom is -0.379 e. The van der Waals surface area contributed by atoms with E-state index in [9.17, 15) is 9.18 Å². The minimum absolute atomic E-state index is 0.184. The summed E-state index contributed by atoms with van der Waals surface area (Å²) in [6.07, 6.45) is 0. The number of amides is 1. The van der Waals surface area contributed by atoms with Gasteiger partial charge in [-0.3, -0.25) is 4.79 Å². The monoisotopic (exact) mass is 401 g/mol. The van der Waals surface area contributed by atoms with E-state index in [1.165, 1.54) is 17.4 Å². The molecule has 28 heavy (non-hydrogen) atoms. The van der Waals surface area contributed by atoms with Crippen LogP contribution in [-0.2, 0) is 22.6 Å². The first-order valence-electron chi connectivity index (χ1n) is 9.29. The number of carbonyl (C=O) groups is 1. The normalized spacial score (nSPS) is 11.1. The van der Waals surface area contributed by atoms with Crippen LogP contribution in [0, 0.1) is 12.7 Å². The average Bonchev–Trinajstić information content (AvgIpc) is 3.04. The highest BCUT2D eigenvalue weighted by atomic mass is 32.1. The van der Waals surface area contributed by atoms with Gasteiger partial charge in [-0.15, -0.1) is 11.3 Å². The van der Waals surface area contributed by atoms with E-state index in [0.29, 0.717) is 48.8 Å². The lowest BCUT2D eigenvalue weighted by molar-refractivity contribution is 0.0453. The first kappa shape index (κ1) is 20.5. The Morgan fingerprint density at radius 1 is 1.11 bits per heavy atom. The fourth-order valence-electron chi connectivity index (χ4n) is 3.01. The number of nitrogens with one attached hydrogen (secondary N) is 1. The zero-order valence-corrected chi connectivity index (χ0v) is 16.9. The smallest absolute Gasteiger partial charge is 0.261 e. The maximum absolute atomic E-state index is 14.0. The fraction of sp³-hybridized carbons (Fsp3) is 0.318. The first-order valence-corrected chi connectivity index (χ1v) is 10.1. The molecule has 148 valence electrons. The number of benzene rings is 2. The van der Waals surface area contributed by atoms with Crippen molar-refractivity contribution in [3.63, 3.8) is 0 Å². The van der Waals surface area contributed by atoms with E-state index in [2.05, 4.69) is 5.32 Å². The summed E-state index contributed by atoms with van der Waals surface area (Å²) < 4.78 is 25.7. The van der Waals surface area contributed by atoms with Gasteiger partial charge in [-0.1, -0.05) is 30.3 Å². The number of fused-ring (bicyclic) bond motifs is 1. The van der Waals surface area contributed by atoms with Crippen molar-refractivity contribution in [3.8, 4) is 0 Å². The van der Waals surface area contributed by atoms with E-state index in [0.717, 1.165) is 15.8 Å². The van der Waals surface area contributed by atoms with Crippen molar-refractivity contribution in [1.29, 1.82) is 0 Å². The summed E-state index contributed by atoms with van der Waals surface area (Å²) in [5.41, 5.74) is 2.72. The van der Waals surface area contributed by atoms with Crippen molar-refractivity contribution in [2.24, 2.45) is 0 Å². The van der Waals surface area contributed by atoms with E-state index in [1.54, 1.807) is 13.0 Å². The summed E-state index contributed by atoms with van der Waals surface area (Å²) in [5, 5.41) is 3.47. The Labute approximate surface area is 168 Å². The predicted octanol–water partition coefficient (Wildman–Crippen LogP) is 4.83. The molecule has 0 unspecified atom stereocenters. The minimum atomic E-state index is -0.290. The summed E-state index contributed by atoms with van der Waals surface area (Å²) >= 11 is 1.32. The van der Waals surface area contributed by atoms with Gasteiger partial charge in [0.2, 0.25) is 0 Å². The molecule has 0 aliphatic rings. The molecule has 1 aromatic heterocycles. The quantitative estimate of drug-likeness (QED) is 0.522. The van der Waals surface area contributed by atoms with Gasteiger partial charge < -0.3 is 14.8 Å². The van der Waals surface area contributed by atoms with Crippen LogP contribution in [0.15, 0.2) is 42.5 Å². The molecule has 0 bridgehead atoms. The number of carbonyl (C=O) groups excluding carboxylic acids is 1. The topological polar surface area (TPSA) is 47.6 Å². The second-order valence-electron chi connectivity index (χ2n) is 6.42. The standard InChI is InChI=1S/C22H24FNO3S/c1-3-26-10-11-27-14-17-7-4-6-16(12-17)13-24-22(25)21-15(2)20-18(23)8-5-9-19(20)28-21/h4-9,12H,3,10-11,13-14H2,1-2H3,(H,24,25). The van der Waals surface area contributed by atoms with Gasteiger partial charge >= 0.3 is 0 Å². The third-order valence-corrected chi connectivity index (χ3v) is 5.65. The third-order valence-electron chi connectivity index (χ3n) is 4.40. The van der Waals surface area contributed by atoms with Crippen molar-refractivity contribution < 1.29 is 18.7 Å². The Balaban J connectivity index is 1.60. The molecule has 0 radical (unpaired) electrons. The maximum atomic E-state index is 14.0. The molecule has 0 saturated carbocycles. The summed E-state index contributed by atoms with van der Waals surface area (Å²) in [6.45, 7) is 6.47. The number of halogens is 1. The third kappa shape index (κ3) is 4.95. The summed E-state index contributed by atoms with van der Waals surface area (Å²) in [7, 11) is 0. The van der Waals surface area contributed by atoms with Crippen molar-refractivity contribution in [1.82, 2.24) is 5.32 Å². The van der Waals surface area contributed by atoms with Gasteiger partial charge in [0.25, 0.3) is 5.91 Å². The molecule has 0 spiro atoms. The molecule has 0 saturated heterocycles. The lowest BCUT2D eigenvalue weighted by Crippen LogP contribution is -2.22. The zero-order valence-electron chi connectivity index (χ0n) is 16.1. The number of thiophene rings is 1. The van der Waals surface area contributed by atoms with E-state index in [1.807, 2.05) is 37.3 Å². The summed E-state index contributed by atoms with van der Waals surface area (Å²) in [4.78, 5) is 13.2. The fourth-order valence-corrected chi connectivity index (χ4v) is 4.15. The number of aryl methyl sites for hydroxylation is 1. The summed E-state index contributed by atoms with van der Waals surface area (Å²) in [6, 6.07) is 12.8. The molecule has 0 aliphatic heterocycles. The molecule has 1 heterocycles. The molecular weight excluding hydrogens is 377 g/mol. The largest absolute Gasteiger partial charge is 0.379 e. The van der Waals surface area contributed by atoms with E-state index >= 15 is 0 Å².